The lowest BCUT2D eigenvalue weighted by molar-refractivity contribution is -0.119. The van der Waals surface area contributed by atoms with E-state index in [0.717, 1.165) is 43.0 Å². The van der Waals surface area contributed by atoms with E-state index in [9.17, 15) is 17.6 Å². The van der Waals surface area contributed by atoms with Crippen molar-refractivity contribution in [2.45, 2.75) is 30.6 Å². The Kier molecular flexibility index (Phi) is 4.19. The highest BCUT2D eigenvalue weighted by Crippen LogP contribution is 2.37. The molecule has 136 valence electrons. The fourth-order valence-corrected chi connectivity index (χ4v) is 4.35. The average Bonchev–Trinajstić information content (AvgIpc) is 3.45. The highest BCUT2D eigenvalue weighted by Gasteiger charge is 2.35. The summed E-state index contributed by atoms with van der Waals surface area (Å²) in [5, 5.41) is 0. The quantitative estimate of drug-likeness (QED) is 0.893. The van der Waals surface area contributed by atoms with Gasteiger partial charge in [-0.1, -0.05) is 12.1 Å². The zero-order valence-electron chi connectivity index (χ0n) is 14.1. The van der Waals surface area contributed by atoms with Crippen molar-refractivity contribution in [2.75, 3.05) is 16.2 Å². The summed E-state index contributed by atoms with van der Waals surface area (Å²) in [6, 6.07) is 10.1. The first-order valence-electron chi connectivity index (χ1n) is 8.67. The van der Waals surface area contributed by atoms with E-state index in [1.165, 1.54) is 18.2 Å². The Labute approximate surface area is 151 Å². The number of nitrogens with one attached hydrogen (secondary N) is 1. The summed E-state index contributed by atoms with van der Waals surface area (Å²) in [6.45, 7) is 0.655. The van der Waals surface area contributed by atoms with Crippen LogP contribution < -0.4 is 9.62 Å². The van der Waals surface area contributed by atoms with E-state index in [1.807, 2.05) is 6.07 Å². The number of aryl methyl sites for hydroxylation is 1. The SMILES string of the molecule is O=C(C1CC1)N1CCCc2ccc(NS(=O)(=O)c3cccc(F)c3)cc21. The van der Waals surface area contributed by atoms with E-state index >= 15 is 0 Å². The smallest absolute Gasteiger partial charge is 0.261 e. The lowest BCUT2D eigenvalue weighted by atomic mass is 10.0. The Morgan fingerprint density at radius 2 is 1.96 bits per heavy atom. The second kappa shape index (κ2) is 6.39. The summed E-state index contributed by atoms with van der Waals surface area (Å²) in [4.78, 5) is 14.2. The molecule has 2 aromatic carbocycles. The van der Waals surface area contributed by atoms with Crippen LogP contribution in [0, 0.1) is 11.7 Å². The molecule has 0 spiro atoms. The molecule has 1 amide bonds. The van der Waals surface area contributed by atoms with Crippen molar-refractivity contribution in [3.63, 3.8) is 0 Å². The molecule has 0 aromatic heterocycles. The first-order valence-corrected chi connectivity index (χ1v) is 10.1. The summed E-state index contributed by atoms with van der Waals surface area (Å²) in [7, 11) is -3.90. The normalized spacial score (nSPS) is 16.9. The van der Waals surface area contributed by atoms with Crippen LogP contribution in [0.4, 0.5) is 15.8 Å². The number of halogens is 1. The van der Waals surface area contributed by atoms with Gasteiger partial charge in [-0.3, -0.25) is 9.52 Å². The van der Waals surface area contributed by atoms with Gasteiger partial charge in [0.2, 0.25) is 5.91 Å². The summed E-state index contributed by atoms with van der Waals surface area (Å²) in [5.74, 6) is -0.385. The Balaban J connectivity index is 1.64. The molecule has 0 radical (unpaired) electrons. The zero-order chi connectivity index (χ0) is 18.3. The number of hydrogen-bond acceptors (Lipinski definition) is 3. The highest BCUT2D eigenvalue weighted by molar-refractivity contribution is 7.92. The minimum atomic E-state index is -3.90. The number of benzene rings is 2. The Morgan fingerprint density at radius 1 is 1.15 bits per heavy atom. The first kappa shape index (κ1) is 17.0. The maximum absolute atomic E-state index is 13.3. The molecule has 0 atom stereocenters. The van der Waals surface area contributed by atoms with Gasteiger partial charge in [-0.2, -0.15) is 0 Å². The lowest BCUT2D eigenvalue weighted by Gasteiger charge is -2.30. The summed E-state index contributed by atoms with van der Waals surface area (Å²) >= 11 is 0. The van der Waals surface area contributed by atoms with Gasteiger partial charge in [0.25, 0.3) is 10.0 Å². The molecule has 1 aliphatic heterocycles. The third-order valence-electron chi connectivity index (χ3n) is 4.76. The van der Waals surface area contributed by atoms with Gasteiger partial charge in [0.05, 0.1) is 10.6 Å². The molecule has 26 heavy (non-hydrogen) atoms. The molecule has 2 aromatic rings. The van der Waals surface area contributed by atoms with E-state index in [2.05, 4.69) is 4.72 Å². The Bertz CT molecular complexity index is 970. The van der Waals surface area contributed by atoms with Crippen molar-refractivity contribution in [3.8, 4) is 0 Å². The van der Waals surface area contributed by atoms with E-state index in [-0.39, 0.29) is 16.7 Å². The molecule has 7 heteroatoms. The van der Waals surface area contributed by atoms with Crippen LogP contribution in [0.2, 0.25) is 0 Å². The van der Waals surface area contributed by atoms with E-state index in [4.69, 9.17) is 0 Å². The van der Waals surface area contributed by atoms with E-state index < -0.39 is 15.8 Å². The van der Waals surface area contributed by atoms with Crippen LogP contribution in [-0.2, 0) is 21.2 Å². The second-order valence-electron chi connectivity index (χ2n) is 6.77. The standard InChI is InChI=1S/C19H19FN2O3S/c20-15-4-1-5-17(11-15)26(24,25)21-16-9-8-13-3-2-10-22(18(13)12-16)19(23)14-6-7-14/h1,4-5,8-9,11-12,14,21H,2-3,6-7,10H2. The number of amides is 1. The molecule has 4 rings (SSSR count). The van der Waals surface area contributed by atoms with Crippen LogP contribution in [0.5, 0.6) is 0 Å². The molecule has 1 fully saturated rings. The largest absolute Gasteiger partial charge is 0.312 e. The number of sulfonamides is 1. The van der Waals surface area contributed by atoms with Gasteiger partial charge >= 0.3 is 0 Å². The molecule has 5 nitrogen and oxygen atoms in total. The van der Waals surface area contributed by atoms with Gasteiger partial charge in [-0.05, 0) is 61.6 Å². The highest BCUT2D eigenvalue weighted by atomic mass is 32.2. The van der Waals surface area contributed by atoms with Gasteiger partial charge in [0.1, 0.15) is 5.82 Å². The van der Waals surface area contributed by atoms with Crippen LogP contribution in [-0.4, -0.2) is 20.9 Å². The third-order valence-corrected chi connectivity index (χ3v) is 6.13. The molecule has 0 saturated heterocycles. The second-order valence-corrected chi connectivity index (χ2v) is 8.46. The molecule has 1 N–H and O–H groups in total. The van der Waals surface area contributed by atoms with Gasteiger partial charge in [-0.15, -0.1) is 0 Å². The fourth-order valence-electron chi connectivity index (χ4n) is 3.27. The molecule has 0 unspecified atom stereocenters. The first-order chi connectivity index (χ1) is 12.4. The number of hydrogen-bond donors (Lipinski definition) is 1. The van der Waals surface area contributed by atoms with Gasteiger partial charge in [-0.25, -0.2) is 12.8 Å². The molecule has 1 saturated carbocycles. The minimum absolute atomic E-state index is 0.105. The topological polar surface area (TPSA) is 66.5 Å². The summed E-state index contributed by atoms with van der Waals surface area (Å²) in [6.07, 6.45) is 3.62. The maximum Gasteiger partial charge on any atom is 0.261 e. The van der Waals surface area contributed by atoms with E-state index in [0.29, 0.717) is 12.2 Å². The Morgan fingerprint density at radius 3 is 2.69 bits per heavy atom. The number of rotatable bonds is 4. The molecule has 1 aliphatic carbocycles. The van der Waals surface area contributed by atoms with Gasteiger partial charge in [0, 0.05) is 18.2 Å². The predicted octanol–water partition coefficient (Wildman–Crippen LogP) is 3.32. The van der Waals surface area contributed by atoms with Crippen molar-refractivity contribution in [3.05, 3.63) is 53.8 Å². The molecule has 0 bridgehead atoms. The minimum Gasteiger partial charge on any atom is -0.312 e. The summed E-state index contributed by atoms with van der Waals surface area (Å²) < 4.78 is 40.8. The van der Waals surface area contributed by atoms with Gasteiger partial charge < -0.3 is 4.90 Å². The number of nitrogens with zero attached hydrogens (tertiary/aromatic N) is 1. The Hall–Kier alpha value is -2.41. The van der Waals surface area contributed by atoms with Crippen LogP contribution >= 0.6 is 0 Å². The zero-order valence-corrected chi connectivity index (χ0v) is 14.9. The number of carbonyl (C=O) groups excluding carboxylic acids is 1. The van der Waals surface area contributed by atoms with Crippen molar-refractivity contribution < 1.29 is 17.6 Å². The molecule has 2 aliphatic rings. The maximum atomic E-state index is 13.3. The summed E-state index contributed by atoms with van der Waals surface area (Å²) in [5.41, 5.74) is 2.18. The van der Waals surface area contributed by atoms with Crippen molar-refractivity contribution in [1.29, 1.82) is 0 Å². The predicted molar refractivity (Wildman–Crippen MR) is 97.0 cm³/mol. The lowest BCUT2D eigenvalue weighted by Crippen LogP contribution is -2.36. The molecular formula is C19H19FN2O3S. The van der Waals surface area contributed by atoms with Crippen LogP contribution in [0.3, 0.4) is 0 Å². The number of anilines is 2. The average molecular weight is 374 g/mol. The number of carbonyl (C=O) groups is 1. The van der Waals surface area contributed by atoms with Crippen molar-refractivity contribution in [1.82, 2.24) is 0 Å². The van der Waals surface area contributed by atoms with Gasteiger partial charge in [0.15, 0.2) is 0 Å². The monoisotopic (exact) mass is 374 g/mol. The number of fused-ring (bicyclic) bond motifs is 1. The third kappa shape index (κ3) is 3.31. The van der Waals surface area contributed by atoms with Crippen LogP contribution in [0.25, 0.3) is 0 Å². The molecular weight excluding hydrogens is 355 g/mol. The van der Waals surface area contributed by atoms with Crippen LogP contribution in [0.1, 0.15) is 24.8 Å². The van der Waals surface area contributed by atoms with Crippen LogP contribution in [0.15, 0.2) is 47.4 Å². The van der Waals surface area contributed by atoms with E-state index in [1.54, 1.807) is 17.0 Å². The molecule has 1 heterocycles. The van der Waals surface area contributed by atoms with Crippen molar-refractivity contribution in [2.24, 2.45) is 5.92 Å². The fraction of sp³-hybridized carbons (Fsp3) is 0.316. The van der Waals surface area contributed by atoms with Crippen molar-refractivity contribution >= 4 is 27.3 Å².